The molecule has 1 aromatic heterocycles. The van der Waals surface area contributed by atoms with Crippen LogP contribution in [0.5, 0.6) is 0 Å². The highest BCUT2D eigenvalue weighted by molar-refractivity contribution is 7.09. The molecule has 0 spiro atoms. The third kappa shape index (κ3) is 9.22. The first-order chi connectivity index (χ1) is 12.4. The van der Waals surface area contributed by atoms with Crippen LogP contribution in [0.2, 0.25) is 0 Å². The van der Waals surface area contributed by atoms with Gasteiger partial charge in [-0.1, -0.05) is 27.7 Å². The number of rotatable bonds is 8. The fourth-order valence-corrected chi connectivity index (χ4v) is 3.34. The van der Waals surface area contributed by atoms with Crippen LogP contribution < -0.4 is 5.32 Å². The summed E-state index contributed by atoms with van der Waals surface area (Å²) >= 11 is 1.54. The maximum atomic E-state index is 13.3. The van der Waals surface area contributed by atoms with Crippen molar-refractivity contribution in [3.63, 3.8) is 0 Å². The summed E-state index contributed by atoms with van der Waals surface area (Å²) in [6.45, 7) is 17.0. The van der Waals surface area contributed by atoms with E-state index in [1.165, 1.54) is 11.3 Å². The largest absolute Gasteiger partial charge is 0.444 e. The molecule has 1 heterocycles. The number of amides is 2. The number of aryl methyl sites for hydroxylation is 1. The fourth-order valence-electron chi connectivity index (χ4n) is 2.72. The van der Waals surface area contributed by atoms with Gasteiger partial charge in [-0.05, 0) is 39.5 Å². The van der Waals surface area contributed by atoms with Crippen molar-refractivity contribution in [1.82, 2.24) is 15.2 Å². The minimum absolute atomic E-state index is 0.0890. The number of nitrogens with zero attached hydrogens (tertiary/aromatic N) is 2. The van der Waals surface area contributed by atoms with Crippen molar-refractivity contribution in [2.75, 3.05) is 13.1 Å². The highest BCUT2D eigenvalue weighted by Crippen LogP contribution is 2.14. The number of ether oxygens (including phenoxy) is 1. The summed E-state index contributed by atoms with van der Waals surface area (Å²) in [7, 11) is 0. The van der Waals surface area contributed by atoms with Gasteiger partial charge in [0, 0.05) is 24.9 Å². The van der Waals surface area contributed by atoms with Crippen LogP contribution >= 0.6 is 11.3 Å². The molecule has 0 saturated heterocycles. The fraction of sp³-hybridized carbons (Fsp3) is 0.750. The number of thiazole rings is 1. The molecular weight excluding hydrogens is 362 g/mol. The maximum Gasteiger partial charge on any atom is 0.408 e. The van der Waals surface area contributed by atoms with Crippen molar-refractivity contribution in [2.24, 2.45) is 11.8 Å². The van der Waals surface area contributed by atoms with Gasteiger partial charge in [-0.15, -0.1) is 11.3 Å². The Morgan fingerprint density at radius 3 is 2.15 bits per heavy atom. The Labute approximate surface area is 167 Å². The zero-order valence-corrected chi connectivity index (χ0v) is 18.8. The van der Waals surface area contributed by atoms with E-state index < -0.39 is 17.7 Å². The number of aromatic nitrogens is 1. The Morgan fingerprint density at radius 1 is 1.19 bits per heavy atom. The van der Waals surface area contributed by atoms with Crippen LogP contribution in [-0.2, 0) is 16.0 Å². The normalized spacial score (nSPS) is 13.0. The lowest BCUT2D eigenvalue weighted by Crippen LogP contribution is -2.52. The predicted octanol–water partition coefficient (Wildman–Crippen LogP) is 4.03. The Balaban J connectivity index is 3.01. The minimum atomic E-state index is -0.696. The van der Waals surface area contributed by atoms with Crippen LogP contribution in [0.15, 0.2) is 5.38 Å². The zero-order valence-electron chi connectivity index (χ0n) is 18.0. The molecule has 0 bridgehead atoms. The van der Waals surface area contributed by atoms with Gasteiger partial charge in [0.15, 0.2) is 0 Å². The van der Waals surface area contributed by atoms with Gasteiger partial charge in [-0.2, -0.15) is 0 Å². The first-order valence-corrected chi connectivity index (χ1v) is 10.4. The first kappa shape index (κ1) is 23.4. The van der Waals surface area contributed by atoms with Crippen LogP contribution in [-0.4, -0.2) is 46.6 Å². The molecule has 0 fully saturated rings. The van der Waals surface area contributed by atoms with Gasteiger partial charge >= 0.3 is 6.09 Å². The number of hydrogen-bond donors (Lipinski definition) is 1. The van der Waals surface area contributed by atoms with E-state index in [0.29, 0.717) is 31.3 Å². The third-order valence-corrected chi connectivity index (χ3v) is 4.37. The summed E-state index contributed by atoms with van der Waals surface area (Å²) in [6.07, 6.45) is -0.225. The minimum Gasteiger partial charge on any atom is -0.444 e. The van der Waals surface area contributed by atoms with Gasteiger partial charge < -0.3 is 15.0 Å². The van der Waals surface area contributed by atoms with Gasteiger partial charge in [0.05, 0.1) is 10.7 Å². The van der Waals surface area contributed by atoms with Crippen molar-refractivity contribution in [1.29, 1.82) is 0 Å². The van der Waals surface area contributed by atoms with Gasteiger partial charge in [-0.25, -0.2) is 9.78 Å². The summed E-state index contributed by atoms with van der Waals surface area (Å²) < 4.78 is 5.36. The van der Waals surface area contributed by atoms with Crippen molar-refractivity contribution >= 4 is 23.3 Å². The second-order valence-electron chi connectivity index (χ2n) is 8.79. The molecule has 0 aromatic carbocycles. The monoisotopic (exact) mass is 397 g/mol. The van der Waals surface area contributed by atoms with E-state index >= 15 is 0 Å². The molecule has 154 valence electrons. The lowest BCUT2D eigenvalue weighted by Gasteiger charge is -2.31. The van der Waals surface area contributed by atoms with Crippen molar-refractivity contribution < 1.29 is 14.3 Å². The smallest absolute Gasteiger partial charge is 0.408 e. The van der Waals surface area contributed by atoms with E-state index in [4.69, 9.17) is 4.74 Å². The van der Waals surface area contributed by atoms with Gasteiger partial charge in [0.25, 0.3) is 0 Å². The highest BCUT2D eigenvalue weighted by Gasteiger charge is 2.29. The maximum absolute atomic E-state index is 13.3. The first-order valence-electron chi connectivity index (χ1n) is 9.56. The third-order valence-electron chi connectivity index (χ3n) is 3.55. The lowest BCUT2D eigenvalue weighted by molar-refractivity contribution is -0.134. The molecule has 0 saturated carbocycles. The molecular formula is C20H35N3O3S. The van der Waals surface area contributed by atoms with Gasteiger partial charge in [-0.3, -0.25) is 4.79 Å². The van der Waals surface area contributed by atoms with Gasteiger partial charge in [0.2, 0.25) is 5.91 Å². The highest BCUT2D eigenvalue weighted by atomic mass is 32.1. The van der Waals surface area contributed by atoms with Crippen molar-refractivity contribution in [3.8, 4) is 0 Å². The van der Waals surface area contributed by atoms with E-state index in [2.05, 4.69) is 38.0 Å². The Hall–Kier alpha value is -1.63. The van der Waals surface area contributed by atoms with Crippen LogP contribution in [0.25, 0.3) is 0 Å². The number of alkyl carbamates (subject to hydrolysis) is 1. The molecule has 1 rings (SSSR count). The number of carbonyl (C=O) groups excluding carboxylic acids is 2. The summed E-state index contributed by atoms with van der Waals surface area (Å²) in [5.41, 5.74) is 0.186. The summed E-state index contributed by atoms with van der Waals surface area (Å²) in [5, 5.41) is 5.64. The summed E-state index contributed by atoms with van der Waals surface area (Å²) in [4.78, 5) is 31.9. The molecule has 0 aliphatic heterocycles. The molecule has 2 amide bonds. The van der Waals surface area contributed by atoms with Crippen LogP contribution in [0, 0.1) is 18.8 Å². The number of hydrogen-bond acceptors (Lipinski definition) is 5. The topological polar surface area (TPSA) is 71.5 Å². The number of carbonyl (C=O) groups is 2. The predicted molar refractivity (Wildman–Crippen MR) is 110 cm³/mol. The molecule has 0 aliphatic carbocycles. The van der Waals surface area contributed by atoms with E-state index in [1.807, 2.05) is 17.2 Å². The quantitative estimate of drug-likeness (QED) is 0.719. The summed E-state index contributed by atoms with van der Waals surface area (Å²) in [6, 6.07) is -0.696. The molecule has 1 N–H and O–H groups in total. The lowest BCUT2D eigenvalue weighted by atomic mass is 10.1. The molecule has 0 aliphatic rings. The van der Waals surface area contributed by atoms with Crippen LogP contribution in [0.3, 0.4) is 0 Å². The van der Waals surface area contributed by atoms with E-state index in [-0.39, 0.29) is 5.91 Å². The molecule has 0 radical (unpaired) electrons. The van der Waals surface area contributed by atoms with Crippen molar-refractivity contribution in [2.45, 2.75) is 73.5 Å². The van der Waals surface area contributed by atoms with Crippen molar-refractivity contribution in [3.05, 3.63) is 16.1 Å². The average molecular weight is 398 g/mol. The summed E-state index contributed by atoms with van der Waals surface area (Å²) in [5.74, 6) is 0.599. The Bertz CT molecular complexity index is 610. The van der Waals surface area contributed by atoms with E-state index in [0.717, 1.165) is 10.7 Å². The number of nitrogens with one attached hydrogen (secondary N) is 1. The Kier molecular flexibility index (Phi) is 8.72. The van der Waals surface area contributed by atoms with Crippen LogP contribution in [0.1, 0.15) is 59.2 Å². The Morgan fingerprint density at radius 2 is 1.74 bits per heavy atom. The zero-order chi connectivity index (χ0) is 20.8. The molecule has 0 unspecified atom stereocenters. The molecule has 27 heavy (non-hydrogen) atoms. The molecule has 1 aromatic rings. The van der Waals surface area contributed by atoms with Gasteiger partial charge in [0.1, 0.15) is 11.6 Å². The van der Waals surface area contributed by atoms with E-state index in [9.17, 15) is 9.59 Å². The average Bonchev–Trinajstić information content (AvgIpc) is 2.87. The molecule has 7 heteroatoms. The molecule has 1 atom stereocenters. The second-order valence-corrected chi connectivity index (χ2v) is 9.85. The van der Waals surface area contributed by atoms with E-state index in [1.54, 1.807) is 20.8 Å². The molecule has 6 nitrogen and oxygen atoms in total. The second kappa shape index (κ2) is 10.1. The SMILES string of the molecule is Cc1nc(C[C@H](NC(=O)OC(C)(C)C)C(=O)N(CC(C)C)CC(C)C)cs1. The van der Waals surface area contributed by atoms with Crippen LogP contribution in [0.4, 0.5) is 4.79 Å². The standard InChI is InChI=1S/C20H35N3O3S/c1-13(2)10-23(11-14(3)4)18(24)17(9-16-12-27-15(5)21-16)22-19(25)26-20(6,7)8/h12-14,17H,9-11H2,1-8H3,(H,22,25)/t17-/m0/s1.